The predicted molar refractivity (Wildman–Crippen MR) is 60.1 cm³/mol. The van der Waals surface area contributed by atoms with Crippen molar-refractivity contribution >= 4 is 6.09 Å². The summed E-state index contributed by atoms with van der Waals surface area (Å²) in [5, 5.41) is 10.3. The monoisotopic (exact) mass is 227 g/mol. The fourth-order valence-corrected chi connectivity index (χ4v) is 2.25. The van der Waals surface area contributed by atoms with Crippen LogP contribution in [0.4, 0.5) is 4.79 Å². The van der Waals surface area contributed by atoms with Crippen LogP contribution in [0.15, 0.2) is 0 Å². The van der Waals surface area contributed by atoms with Crippen molar-refractivity contribution in [2.75, 3.05) is 13.1 Å². The molecule has 1 heterocycles. The Bertz CT molecular complexity index is 293. The Morgan fingerprint density at radius 3 is 2.56 bits per heavy atom. The highest BCUT2D eigenvalue weighted by molar-refractivity contribution is 5.68. The van der Waals surface area contributed by atoms with Crippen molar-refractivity contribution in [1.82, 2.24) is 4.90 Å². The summed E-state index contributed by atoms with van der Waals surface area (Å²) in [4.78, 5) is 13.4. The molecule has 1 amide bonds. The summed E-state index contributed by atoms with van der Waals surface area (Å²) >= 11 is 0. The minimum absolute atomic E-state index is 0.302. The third kappa shape index (κ3) is 2.48. The Morgan fingerprint density at radius 2 is 2.06 bits per heavy atom. The number of carbonyl (C=O) groups excluding carboxylic acids is 1. The normalized spacial score (nSPS) is 30.6. The van der Waals surface area contributed by atoms with Crippen molar-refractivity contribution in [1.29, 1.82) is 0 Å². The maximum Gasteiger partial charge on any atom is 0.410 e. The Hall–Kier alpha value is -0.770. The Morgan fingerprint density at radius 1 is 1.44 bits per heavy atom. The van der Waals surface area contributed by atoms with E-state index < -0.39 is 11.2 Å². The summed E-state index contributed by atoms with van der Waals surface area (Å²) in [6, 6.07) is 0. The van der Waals surface area contributed by atoms with Crippen molar-refractivity contribution in [2.24, 2.45) is 5.92 Å². The number of rotatable bonds is 1. The first-order chi connectivity index (χ1) is 7.30. The van der Waals surface area contributed by atoms with Gasteiger partial charge in [-0.05, 0) is 46.0 Å². The number of nitrogens with zero attached hydrogens (tertiary/aromatic N) is 1. The molecule has 0 bridgehead atoms. The van der Waals surface area contributed by atoms with Gasteiger partial charge < -0.3 is 14.7 Å². The third-order valence-corrected chi connectivity index (χ3v) is 3.27. The van der Waals surface area contributed by atoms with Gasteiger partial charge in [0.1, 0.15) is 5.60 Å². The van der Waals surface area contributed by atoms with Crippen LogP contribution in [0.2, 0.25) is 0 Å². The van der Waals surface area contributed by atoms with Gasteiger partial charge in [-0.2, -0.15) is 0 Å². The second-order valence-corrected chi connectivity index (χ2v) is 6.03. The molecule has 4 nitrogen and oxygen atoms in total. The molecule has 1 aliphatic carbocycles. The average Bonchev–Trinajstić information content (AvgIpc) is 2.88. The van der Waals surface area contributed by atoms with Gasteiger partial charge in [-0.15, -0.1) is 0 Å². The van der Waals surface area contributed by atoms with Crippen molar-refractivity contribution in [3.8, 4) is 0 Å². The van der Waals surface area contributed by atoms with Crippen LogP contribution >= 0.6 is 0 Å². The van der Waals surface area contributed by atoms with E-state index in [2.05, 4.69) is 0 Å². The van der Waals surface area contributed by atoms with Gasteiger partial charge in [0.2, 0.25) is 0 Å². The zero-order valence-corrected chi connectivity index (χ0v) is 10.3. The smallest absolute Gasteiger partial charge is 0.410 e. The summed E-state index contributed by atoms with van der Waals surface area (Å²) in [7, 11) is 0. The van der Waals surface area contributed by atoms with Crippen LogP contribution in [0, 0.1) is 5.92 Å². The largest absolute Gasteiger partial charge is 0.444 e. The lowest BCUT2D eigenvalue weighted by Gasteiger charge is -2.26. The highest BCUT2D eigenvalue weighted by Gasteiger charge is 2.49. The van der Waals surface area contributed by atoms with Crippen molar-refractivity contribution < 1.29 is 14.6 Å². The van der Waals surface area contributed by atoms with Gasteiger partial charge in [0.05, 0.1) is 12.1 Å². The zero-order valence-electron chi connectivity index (χ0n) is 10.3. The fraction of sp³-hybridized carbons (Fsp3) is 0.917. The highest BCUT2D eigenvalue weighted by atomic mass is 16.6. The van der Waals surface area contributed by atoms with Gasteiger partial charge in [-0.25, -0.2) is 4.79 Å². The van der Waals surface area contributed by atoms with Crippen LogP contribution in [0.3, 0.4) is 0 Å². The van der Waals surface area contributed by atoms with Crippen LogP contribution in [-0.4, -0.2) is 40.4 Å². The van der Waals surface area contributed by atoms with Crippen LogP contribution in [0.25, 0.3) is 0 Å². The number of aliphatic hydroxyl groups is 1. The van der Waals surface area contributed by atoms with E-state index >= 15 is 0 Å². The van der Waals surface area contributed by atoms with E-state index in [0.29, 0.717) is 25.4 Å². The fourth-order valence-electron chi connectivity index (χ4n) is 2.25. The molecule has 2 rings (SSSR count). The van der Waals surface area contributed by atoms with E-state index in [0.717, 1.165) is 12.8 Å². The summed E-state index contributed by atoms with van der Waals surface area (Å²) in [5.41, 5.74) is -1.10. The molecule has 4 heteroatoms. The van der Waals surface area contributed by atoms with Crippen molar-refractivity contribution in [3.63, 3.8) is 0 Å². The Balaban J connectivity index is 1.90. The standard InChI is InChI=1S/C12H21NO3/c1-11(2,3)16-10(14)13-7-6-12(15,8-13)9-4-5-9/h9,15H,4-8H2,1-3H3/t12-/m0/s1. The van der Waals surface area contributed by atoms with Gasteiger partial charge >= 0.3 is 6.09 Å². The molecule has 0 unspecified atom stereocenters. The third-order valence-electron chi connectivity index (χ3n) is 3.27. The first-order valence-electron chi connectivity index (χ1n) is 6.00. The number of amides is 1. The highest BCUT2D eigenvalue weighted by Crippen LogP contribution is 2.44. The van der Waals surface area contributed by atoms with Gasteiger partial charge in [-0.3, -0.25) is 0 Å². The zero-order chi connectivity index (χ0) is 12.0. The molecule has 2 fully saturated rings. The summed E-state index contributed by atoms with van der Waals surface area (Å²) in [6.45, 7) is 6.62. The molecule has 16 heavy (non-hydrogen) atoms. The maximum atomic E-state index is 11.8. The summed E-state index contributed by atoms with van der Waals surface area (Å²) in [5.74, 6) is 0.403. The van der Waals surface area contributed by atoms with Gasteiger partial charge in [0, 0.05) is 6.54 Å². The van der Waals surface area contributed by atoms with E-state index in [1.54, 1.807) is 4.90 Å². The van der Waals surface area contributed by atoms with Crippen LogP contribution in [-0.2, 0) is 4.74 Å². The molecule has 0 aromatic carbocycles. The lowest BCUT2D eigenvalue weighted by Crippen LogP contribution is -2.40. The number of β-amino-alcohol motifs (C(OH)–C–C–N with tert-alkyl or cyclic N) is 1. The molecule has 1 aliphatic heterocycles. The molecule has 0 radical (unpaired) electrons. The lowest BCUT2D eigenvalue weighted by atomic mass is 9.97. The Labute approximate surface area is 96.6 Å². The number of carbonyl (C=O) groups is 1. The van der Waals surface area contributed by atoms with E-state index in [9.17, 15) is 9.90 Å². The number of likely N-dealkylation sites (tertiary alicyclic amines) is 1. The maximum absolute atomic E-state index is 11.8. The molecule has 1 saturated heterocycles. The molecule has 0 spiro atoms. The van der Waals surface area contributed by atoms with E-state index in [-0.39, 0.29) is 6.09 Å². The summed E-state index contributed by atoms with van der Waals surface area (Å²) in [6.07, 6.45) is 2.58. The van der Waals surface area contributed by atoms with Crippen LogP contribution in [0.1, 0.15) is 40.0 Å². The molecule has 1 atom stereocenters. The molecule has 2 aliphatic rings. The van der Waals surface area contributed by atoms with Crippen LogP contribution < -0.4 is 0 Å². The minimum Gasteiger partial charge on any atom is -0.444 e. The molecule has 0 aromatic rings. The topological polar surface area (TPSA) is 49.8 Å². The average molecular weight is 227 g/mol. The predicted octanol–water partition coefficient (Wildman–Crippen LogP) is 1.77. The minimum atomic E-state index is -0.642. The van der Waals surface area contributed by atoms with Crippen LogP contribution in [0.5, 0.6) is 0 Å². The number of hydrogen-bond acceptors (Lipinski definition) is 3. The second kappa shape index (κ2) is 3.62. The molecule has 0 aromatic heterocycles. The second-order valence-electron chi connectivity index (χ2n) is 6.03. The summed E-state index contributed by atoms with van der Waals surface area (Å²) < 4.78 is 5.29. The van der Waals surface area contributed by atoms with Crippen molar-refractivity contribution in [2.45, 2.75) is 51.2 Å². The van der Waals surface area contributed by atoms with E-state index in [4.69, 9.17) is 4.74 Å². The molecule has 1 N–H and O–H groups in total. The quantitative estimate of drug-likeness (QED) is 0.742. The van der Waals surface area contributed by atoms with E-state index in [1.165, 1.54) is 0 Å². The molecule has 1 saturated carbocycles. The van der Waals surface area contributed by atoms with Crippen molar-refractivity contribution in [3.05, 3.63) is 0 Å². The molecular weight excluding hydrogens is 206 g/mol. The van der Waals surface area contributed by atoms with Gasteiger partial charge in [-0.1, -0.05) is 0 Å². The SMILES string of the molecule is CC(C)(C)OC(=O)N1CC[C@@](O)(C2CC2)C1. The first kappa shape index (κ1) is 11.7. The number of hydrogen-bond donors (Lipinski definition) is 1. The molecular formula is C12H21NO3. The van der Waals surface area contributed by atoms with E-state index in [1.807, 2.05) is 20.8 Å². The van der Waals surface area contributed by atoms with Gasteiger partial charge in [0.15, 0.2) is 0 Å². The van der Waals surface area contributed by atoms with Gasteiger partial charge in [0.25, 0.3) is 0 Å². The number of ether oxygens (including phenoxy) is 1. The first-order valence-corrected chi connectivity index (χ1v) is 6.00. The molecule has 92 valence electrons. The Kier molecular flexibility index (Phi) is 2.65. The lowest BCUT2D eigenvalue weighted by molar-refractivity contribution is 0.00710.